The molecule has 3 nitrogen and oxygen atoms in total. The molecule has 3 rings (SSSR count). The lowest BCUT2D eigenvalue weighted by Crippen LogP contribution is -2.40. The number of nitrogens with one attached hydrogen (secondary N) is 2. The second-order valence-corrected chi connectivity index (χ2v) is 5.37. The van der Waals surface area contributed by atoms with Gasteiger partial charge in [0.25, 0.3) is 0 Å². The van der Waals surface area contributed by atoms with Crippen molar-refractivity contribution >= 4 is 17.3 Å². The van der Waals surface area contributed by atoms with Gasteiger partial charge in [-0.3, -0.25) is 4.79 Å². The van der Waals surface area contributed by atoms with E-state index in [-0.39, 0.29) is 23.6 Å². The fourth-order valence-corrected chi connectivity index (χ4v) is 2.71. The van der Waals surface area contributed by atoms with Crippen LogP contribution < -0.4 is 10.6 Å². The van der Waals surface area contributed by atoms with E-state index < -0.39 is 5.82 Å². The highest BCUT2D eigenvalue weighted by Gasteiger charge is 2.30. The lowest BCUT2D eigenvalue weighted by Gasteiger charge is -2.31. The van der Waals surface area contributed by atoms with Crippen LogP contribution in [0.25, 0.3) is 0 Å². The average Bonchev–Trinajstić information content (AvgIpc) is 2.49. The van der Waals surface area contributed by atoms with Gasteiger partial charge in [0.05, 0.1) is 11.6 Å². The number of amides is 1. The summed E-state index contributed by atoms with van der Waals surface area (Å²) >= 11 is 0. The summed E-state index contributed by atoms with van der Waals surface area (Å²) in [6.45, 7) is 1.97. The summed E-state index contributed by atoms with van der Waals surface area (Å²) in [5.41, 5.74) is 2.41. The van der Waals surface area contributed by atoms with Crippen LogP contribution in [0.4, 0.5) is 15.8 Å². The van der Waals surface area contributed by atoms with Crippen molar-refractivity contribution in [1.82, 2.24) is 0 Å². The van der Waals surface area contributed by atoms with Crippen LogP contribution in [0.1, 0.15) is 12.5 Å². The summed E-state index contributed by atoms with van der Waals surface area (Å²) < 4.78 is 13.6. The Kier molecular flexibility index (Phi) is 3.60. The number of benzene rings is 2. The minimum absolute atomic E-state index is 0.00618. The molecular formula is C17H17FN2O. The van der Waals surface area contributed by atoms with Crippen molar-refractivity contribution in [2.45, 2.75) is 19.4 Å². The Morgan fingerprint density at radius 3 is 2.71 bits per heavy atom. The fourth-order valence-electron chi connectivity index (χ4n) is 2.71. The monoisotopic (exact) mass is 284 g/mol. The first-order chi connectivity index (χ1) is 10.1. The molecule has 1 amide bonds. The number of carbonyl (C=O) groups is 1. The van der Waals surface area contributed by atoms with Crippen molar-refractivity contribution in [2.75, 3.05) is 10.6 Å². The molecule has 0 saturated carbocycles. The van der Waals surface area contributed by atoms with Crippen LogP contribution in [0.15, 0.2) is 48.5 Å². The van der Waals surface area contributed by atoms with Gasteiger partial charge in [-0.2, -0.15) is 0 Å². The van der Waals surface area contributed by atoms with Gasteiger partial charge >= 0.3 is 0 Å². The number of carbonyl (C=O) groups excluding carboxylic acids is 1. The number of hydrogen-bond acceptors (Lipinski definition) is 2. The summed E-state index contributed by atoms with van der Waals surface area (Å²) in [5.74, 6) is -0.795. The van der Waals surface area contributed by atoms with E-state index in [1.807, 2.05) is 31.2 Å². The van der Waals surface area contributed by atoms with Crippen molar-refractivity contribution in [3.63, 3.8) is 0 Å². The van der Waals surface area contributed by atoms with Gasteiger partial charge in [-0.15, -0.1) is 0 Å². The number of halogens is 1. The van der Waals surface area contributed by atoms with E-state index in [9.17, 15) is 9.18 Å². The standard InChI is InChI=1S/C17H17FN2O/c1-11-13(10-12-6-2-4-8-15(12)19-11)17(21)20-16-9-5-3-7-14(16)18/h2-9,11,13,19H,10H2,1H3,(H,20,21). The fraction of sp³-hybridized carbons (Fsp3) is 0.235. The van der Waals surface area contributed by atoms with Crippen LogP contribution in [-0.2, 0) is 11.2 Å². The predicted molar refractivity (Wildman–Crippen MR) is 81.8 cm³/mol. The van der Waals surface area contributed by atoms with Crippen LogP contribution >= 0.6 is 0 Å². The minimum atomic E-state index is -0.414. The molecule has 0 aromatic heterocycles. The maximum atomic E-state index is 13.6. The Bertz CT molecular complexity index is 671. The third-order valence-corrected chi connectivity index (χ3v) is 3.91. The molecule has 0 saturated heterocycles. The maximum absolute atomic E-state index is 13.6. The maximum Gasteiger partial charge on any atom is 0.229 e. The second kappa shape index (κ2) is 5.56. The molecule has 2 atom stereocenters. The van der Waals surface area contributed by atoms with Crippen molar-refractivity contribution in [1.29, 1.82) is 0 Å². The van der Waals surface area contributed by atoms with E-state index in [1.54, 1.807) is 18.2 Å². The van der Waals surface area contributed by atoms with E-state index in [2.05, 4.69) is 10.6 Å². The summed E-state index contributed by atoms with van der Waals surface area (Å²) in [5, 5.41) is 6.02. The van der Waals surface area contributed by atoms with Gasteiger partial charge < -0.3 is 10.6 Å². The largest absolute Gasteiger partial charge is 0.382 e. The zero-order valence-electron chi connectivity index (χ0n) is 11.8. The van der Waals surface area contributed by atoms with Crippen LogP contribution in [0.3, 0.4) is 0 Å². The number of rotatable bonds is 2. The van der Waals surface area contributed by atoms with Gasteiger partial charge in [0, 0.05) is 11.7 Å². The Hall–Kier alpha value is -2.36. The molecule has 1 aliphatic heterocycles. The Balaban J connectivity index is 1.78. The quantitative estimate of drug-likeness (QED) is 0.887. The van der Waals surface area contributed by atoms with Gasteiger partial charge in [0.1, 0.15) is 5.82 Å². The highest BCUT2D eigenvalue weighted by atomic mass is 19.1. The highest BCUT2D eigenvalue weighted by molar-refractivity contribution is 5.94. The topological polar surface area (TPSA) is 41.1 Å². The van der Waals surface area contributed by atoms with Gasteiger partial charge in [0.15, 0.2) is 0 Å². The summed E-state index contributed by atoms with van der Waals surface area (Å²) in [4.78, 5) is 12.4. The zero-order chi connectivity index (χ0) is 14.8. The molecule has 1 aliphatic rings. The van der Waals surface area contributed by atoms with E-state index in [0.717, 1.165) is 11.3 Å². The molecule has 4 heteroatoms. The molecule has 2 aromatic carbocycles. The molecular weight excluding hydrogens is 267 g/mol. The van der Waals surface area contributed by atoms with Gasteiger partial charge in [-0.1, -0.05) is 30.3 Å². The van der Waals surface area contributed by atoms with E-state index in [0.29, 0.717) is 6.42 Å². The lowest BCUT2D eigenvalue weighted by molar-refractivity contribution is -0.120. The Morgan fingerprint density at radius 1 is 1.19 bits per heavy atom. The van der Waals surface area contributed by atoms with E-state index in [1.165, 1.54) is 6.07 Å². The predicted octanol–water partition coefficient (Wildman–Crippen LogP) is 3.44. The molecule has 0 fully saturated rings. The van der Waals surface area contributed by atoms with Crippen LogP contribution in [0.5, 0.6) is 0 Å². The second-order valence-electron chi connectivity index (χ2n) is 5.37. The first-order valence-corrected chi connectivity index (χ1v) is 7.05. The number of fused-ring (bicyclic) bond motifs is 1. The normalized spacial score (nSPS) is 20.3. The molecule has 2 aromatic rings. The van der Waals surface area contributed by atoms with Crippen molar-refractivity contribution in [2.24, 2.45) is 5.92 Å². The first-order valence-electron chi connectivity index (χ1n) is 7.05. The third-order valence-electron chi connectivity index (χ3n) is 3.91. The van der Waals surface area contributed by atoms with Gasteiger partial charge in [0.2, 0.25) is 5.91 Å². The summed E-state index contributed by atoms with van der Waals surface area (Å²) in [7, 11) is 0. The minimum Gasteiger partial charge on any atom is -0.382 e. The summed E-state index contributed by atoms with van der Waals surface area (Å²) in [6, 6.07) is 14.2. The van der Waals surface area contributed by atoms with Crippen molar-refractivity contribution in [3.05, 3.63) is 59.9 Å². The van der Waals surface area contributed by atoms with Crippen LogP contribution in [-0.4, -0.2) is 11.9 Å². The molecule has 2 unspecified atom stereocenters. The molecule has 0 bridgehead atoms. The molecule has 21 heavy (non-hydrogen) atoms. The molecule has 0 spiro atoms. The molecule has 1 heterocycles. The molecule has 2 N–H and O–H groups in total. The van der Waals surface area contributed by atoms with E-state index in [4.69, 9.17) is 0 Å². The number of para-hydroxylation sites is 2. The highest BCUT2D eigenvalue weighted by Crippen LogP contribution is 2.29. The lowest BCUT2D eigenvalue weighted by atomic mass is 9.87. The smallest absolute Gasteiger partial charge is 0.229 e. The third kappa shape index (κ3) is 2.75. The molecule has 0 aliphatic carbocycles. The Morgan fingerprint density at radius 2 is 1.90 bits per heavy atom. The first kappa shape index (κ1) is 13.6. The summed E-state index contributed by atoms with van der Waals surface area (Å²) in [6.07, 6.45) is 0.657. The van der Waals surface area contributed by atoms with Crippen molar-refractivity contribution in [3.8, 4) is 0 Å². The van der Waals surface area contributed by atoms with Gasteiger partial charge in [-0.05, 0) is 37.1 Å². The van der Waals surface area contributed by atoms with E-state index >= 15 is 0 Å². The number of anilines is 2. The Labute approximate surface area is 123 Å². The van der Waals surface area contributed by atoms with Crippen molar-refractivity contribution < 1.29 is 9.18 Å². The van der Waals surface area contributed by atoms with Gasteiger partial charge in [-0.25, -0.2) is 4.39 Å². The zero-order valence-corrected chi connectivity index (χ0v) is 11.8. The van der Waals surface area contributed by atoms with Crippen LogP contribution in [0.2, 0.25) is 0 Å². The molecule has 108 valence electrons. The SMILES string of the molecule is CC1Nc2ccccc2CC1C(=O)Nc1ccccc1F. The van der Waals surface area contributed by atoms with Crippen LogP contribution in [0, 0.1) is 11.7 Å². The average molecular weight is 284 g/mol. The molecule has 0 radical (unpaired) electrons. The number of hydrogen-bond donors (Lipinski definition) is 2.